The number of ether oxygens (including phenoxy) is 2. The zero-order chi connectivity index (χ0) is 9.52. The van der Waals surface area contributed by atoms with Gasteiger partial charge < -0.3 is 14.6 Å². The molecule has 0 bridgehead atoms. The zero-order valence-corrected chi connectivity index (χ0v) is 7.57. The second kappa shape index (κ2) is 5.90. The van der Waals surface area contributed by atoms with Gasteiger partial charge in [-0.25, -0.2) is 4.79 Å². The lowest BCUT2D eigenvalue weighted by Gasteiger charge is -2.26. The fourth-order valence-electron chi connectivity index (χ4n) is 1.18. The molecule has 0 spiro atoms. The minimum atomic E-state index is -0.915. The number of nitrogens with zero attached hydrogens (tertiary/aromatic N) is 1. The van der Waals surface area contributed by atoms with Gasteiger partial charge in [-0.3, -0.25) is 4.90 Å². The standard InChI is InChI=1S/C8H15NO4/c10-8(11)7-13-6-3-9-1-4-12-5-2-9/h1-7H2,(H,10,11). The molecule has 1 aliphatic heterocycles. The van der Waals surface area contributed by atoms with Gasteiger partial charge in [0.1, 0.15) is 6.61 Å². The molecule has 76 valence electrons. The van der Waals surface area contributed by atoms with E-state index in [0.717, 1.165) is 32.8 Å². The Morgan fingerprint density at radius 1 is 1.46 bits per heavy atom. The van der Waals surface area contributed by atoms with Gasteiger partial charge in [-0.1, -0.05) is 0 Å². The van der Waals surface area contributed by atoms with Crippen molar-refractivity contribution in [1.82, 2.24) is 4.90 Å². The molecule has 1 N–H and O–H groups in total. The Bertz CT molecular complexity index is 156. The molecule has 0 saturated carbocycles. The first-order valence-corrected chi connectivity index (χ1v) is 4.38. The van der Waals surface area contributed by atoms with Crippen molar-refractivity contribution in [2.45, 2.75) is 0 Å². The topological polar surface area (TPSA) is 59.0 Å². The van der Waals surface area contributed by atoms with Gasteiger partial charge in [-0.2, -0.15) is 0 Å². The average molecular weight is 189 g/mol. The van der Waals surface area contributed by atoms with Crippen LogP contribution in [0.1, 0.15) is 0 Å². The summed E-state index contributed by atoms with van der Waals surface area (Å²) in [5.41, 5.74) is 0. The van der Waals surface area contributed by atoms with Crippen molar-refractivity contribution in [3.8, 4) is 0 Å². The Morgan fingerprint density at radius 3 is 2.77 bits per heavy atom. The van der Waals surface area contributed by atoms with Crippen LogP contribution in [0, 0.1) is 0 Å². The van der Waals surface area contributed by atoms with E-state index in [1.54, 1.807) is 0 Å². The number of carbonyl (C=O) groups is 1. The first-order chi connectivity index (χ1) is 6.29. The van der Waals surface area contributed by atoms with Crippen LogP contribution in [-0.2, 0) is 14.3 Å². The molecular formula is C8H15NO4. The van der Waals surface area contributed by atoms with Gasteiger partial charge in [-0.05, 0) is 0 Å². The van der Waals surface area contributed by atoms with Gasteiger partial charge in [0, 0.05) is 19.6 Å². The SMILES string of the molecule is O=C(O)COCCN1CCOCC1. The van der Waals surface area contributed by atoms with E-state index in [-0.39, 0.29) is 6.61 Å². The summed E-state index contributed by atoms with van der Waals surface area (Å²) in [4.78, 5) is 12.3. The van der Waals surface area contributed by atoms with Crippen molar-refractivity contribution in [2.75, 3.05) is 46.1 Å². The molecule has 5 nitrogen and oxygen atoms in total. The molecule has 13 heavy (non-hydrogen) atoms. The van der Waals surface area contributed by atoms with Gasteiger partial charge in [0.25, 0.3) is 0 Å². The third-order valence-electron chi connectivity index (χ3n) is 1.88. The van der Waals surface area contributed by atoms with Crippen LogP contribution in [0.15, 0.2) is 0 Å². The van der Waals surface area contributed by atoms with Crippen molar-refractivity contribution in [3.05, 3.63) is 0 Å². The molecular weight excluding hydrogens is 174 g/mol. The monoisotopic (exact) mass is 189 g/mol. The summed E-state index contributed by atoms with van der Waals surface area (Å²) in [6.45, 7) is 4.41. The first kappa shape index (κ1) is 10.4. The van der Waals surface area contributed by atoms with Gasteiger partial charge in [0.2, 0.25) is 0 Å². The highest BCUT2D eigenvalue weighted by Crippen LogP contribution is 1.95. The summed E-state index contributed by atoms with van der Waals surface area (Å²) in [6, 6.07) is 0. The van der Waals surface area contributed by atoms with Crippen molar-refractivity contribution in [3.63, 3.8) is 0 Å². The van der Waals surface area contributed by atoms with E-state index in [1.807, 2.05) is 0 Å². The number of carboxylic acid groups (broad SMARTS) is 1. The van der Waals surface area contributed by atoms with Crippen LogP contribution in [0.2, 0.25) is 0 Å². The van der Waals surface area contributed by atoms with Gasteiger partial charge in [0.15, 0.2) is 0 Å². The summed E-state index contributed by atoms with van der Waals surface area (Å²) < 4.78 is 10.1. The van der Waals surface area contributed by atoms with Crippen molar-refractivity contribution < 1.29 is 19.4 Å². The van der Waals surface area contributed by atoms with E-state index < -0.39 is 5.97 Å². The maximum Gasteiger partial charge on any atom is 0.329 e. The summed E-state index contributed by atoms with van der Waals surface area (Å²) >= 11 is 0. The number of aliphatic carboxylic acids is 1. The summed E-state index contributed by atoms with van der Waals surface area (Å²) in [5, 5.41) is 8.29. The third kappa shape index (κ3) is 4.82. The summed E-state index contributed by atoms with van der Waals surface area (Å²) in [6.07, 6.45) is 0. The highest BCUT2D eigenvalue weighted by Gasteiger charge is 2.09. The fraction of sp³-hybridized carbons (Fsp3) is 0.875. The maximum absolute atomic E-state index is 10.1. The predicted octanol–water partition coefficient (Wildman–Crippen LogP) is -0.580. The van der Waals surface area contributed by atoms with E-state index in [4.69, 9.17) is 14.6 Å². The van der Waals surface area contributed by atoms with Crippen LogP contribution in [-0.4, -0.2) is 62.0 Å². The van der Waals surface area contributed by atoms with Crippen LogP contribution in [0.5, 0.6) is 0 Å². The molecule has 0 aromatic rings. The molecule has 0 amide bonds. The lowest BCUT2D eigenvalue weighted by Crippen LogP contribution is -2.38. The lowest BCUT2D eigenvalue weighted by molar-refractivity contribution is -0.142. The van der Waals surface area contributed by atoms with Crippen molar-refractivity contribution in [1.29, 1.82) is 0 Å². The molecule has 1 rings (SSSR count). The minimum Gasteiger partial charge on any atom is -0.480 e. The molecule has 5 heteroatoms. The van der Waals surface area contributed by atoms with Crippen molar-refractivity contribution >= 4 is 5.97 Å². The first-order valence-electron chi connectivity index (χ1n) is 4.38. The van der Waals surface area contributed by atoms with Gasteiger partial charge >= 0.3 is 5.97 Å². The average Bonchev–Trinajstić information content (AvgIpc) is 2.14. The Balaban J connectivity index is 1.95. The van der Waals surface area contributed by atoms with E-state index in [9.17, 15) is 4.79 Å². The van der Waals surface area contributed by atoms with Crippen LogP contribution in [0.3, 0.4) is 0 Å². The van der Waals surface area contributed by atoms with Crippen LogP contribution in [0.4, 0.5) is 0 Å². The predicted molar refractivity (Wildman–Crippen MR) is 45.7 cm³/mol. The lowest BCUT2D eigenvalue weighted by atomic mass is 10.4. The molecule has 1 heterocycles. The van der Waals surface area contributed by atoms with Crippen molar-refractivity contribution in [2.24, 2.45) is 0 Å². The minimum absolute atomic E-state index is 0.204. The fourth-order valence-corrected chi connectivity index (χ4v) is 1.18. The second-order valence-corrected chi connectivity index (χ2v) is 2.90. The van der Waals surface area contributed by atoms with Crippen LogP contribution < -0.4 is 0 Å². The molecule has 0 atom stereocenters. The van der Waals surface area contributed by atoms with E-state index in [1.165, 1.54) is 0 Å². The molecule has 1 fully saturated rings. The molecule has 0 aromatic carbocycles. The molecule has 0 radical (unpaired) electrons. The van der Waals surface area contributed by atoms with Gasteiger partial charge in [0.05, 0.1) is 19.8 Å². The molecule has 0 unspecified atom stereocenters. The zero-order valence-electron chi connectivity index (χ0n) is 7.57. The Morgan fingerprint density at radius 2 is 2.15 bits per heavy atom. The number of hydrogen-bond donors (Lipinski definition) is 1. The number of hydrogen-bond acceptors (Lipinski definition) is 4. The molecule has 0 aromatic heterocycles. The largest absolute Gasteiger partial charge is 0.480 e. The van der Waals surface area contributed by atoms with E-state index in [0.29, 0.717) is 6.61 Å². The van der Waals surface area contributed by atoms with Crippen LogP contribution in [0.25, 0.3) is 0 Å². The smallest absolute Gasteiger partial charge is 0.329 e. The Kier molecular flexibility index (Phi) is 4.74. The highest BCUT2D eigenvalue weighted by atomic mass is 16.5. The summed E-state index contributed by atoms with van der Waals surface area (Å²) in [5.74, 6) is -0.915. The number of carboxylic acids is 1. The highest BCUT2D eigenvalue weighted by molar-refractivity contribution is 5.67. The second-order valence-electron chi connectivity index (χ2n) is 2.90. The number of morpholine rings is 1. The molecule has 1 aliphatic rings. The van der Waals surface area contributed by atoms with Gasteiger partial charge in [-0.15, -0.1) is 0 Å². The molecule has 0 aliphatic carbocycles. The van der Waals surface area contributed by atoms with E-state index in [2.05, 4.69) is 4.90 Å². The number of rotatable bonds is 5. The maximum atomic E-state index is 10.1. The molecule has 1 saturated heterocycles. The normalized spacial score (nSPS) is 18.8. The Labute approximate surface area is 77.2 Å². The summed E-state index contributed by atoms with van der Waals surface area (Å²) in [7, 11) is 0. The Hall–Kier alpha value is -0.650. The third-order valence-corrected chi connectivity index (χ3v) is 1.88. The quantitative estimate of drug-likeness (QED) is 0.586. The van der Waals surface area contributed by atoms with E-state index >= 15 is 0 Å². The van der Waals surface area contributed by atoms with Crippen LogP contribution >= 0.6 is 0 Å².